The lowest BCUT2D eigenvalue weighted by atomic mass is 9.82. The molecule has 3 rings (SSSR count). The molecule has 3 aliphatic heterocycles. The standard InChI is InChI=1S/C49H77N3O17/c1-28-18-16-14-12-10-8-6-7-9-11-13-15-17-19-36(68-48-46(63)43(50)45(62)31(4)67-48)25-40-42(47(64)52-51-32(5)53)39(59)27-49(65,69-40)26-35(56)23-38(58)37(57)21-20-33(54)22-34(55)24-41(60)66-30(3)29(2)44(28)61/h6-19,28-31,33-40,42-46,48,54-59,61-63,65H,20-27,50H2,1-5H3,(H,51,53)(H,52,64)/b7-6+,10-8+,11-9+,14-12+,15-13+,18-16+,19-17+/t28-,29-,30-,31+,33+,34+,35-,36-,37+,38+,39-,40-,42+,43-,44+,45+,46-,48-,49+/m0/s1. The summed E-state index contributed by atoms with van der Waals surface area (Å²) in [7, 11) is 0. The van der Waals surface area contributed by atoms with Gasteiger partial charge in [-0.1, -0.05) is 98.9 Å². The molecule has 390 valence electrons. The Hall–Kier alpha value is -3.97. The zero-order valence-corrected chi connectivity index (χ0v) is 40.0. The van der Waals surface area contributed by atoms with Gasteiger partial charge < -0.3 is 75.7 Å². The van der Waals surface area contributed by atoms with Crippen molar-refractivity contribution in [2.45, 2.75) is 183 Å². The normalized spacial score (nSPS) is 43.4. The smallest absolute Gasteiger partial charge is 0.308 e. The van der Waals surface area contributed by atoms with Crippen LogP contribution in [0.4, 0.5) is 0 Å². The highest BCUT2D eigenvalue weighted by Gasteiger charge is 2.51. The molecule has 20 heteroatoms. The van der Waals surface area contributed by atoms with Crippen LogP contribution in [0.1, 0.15) is 86.0 Å². The van der Waals surface area contributed by atoms with Gasteiger partial charge in [0.1, 0.15) is 12.2 Å². The SMILES string of the molecule is CC(=O)NNC(=O)[C@H]1[C@@H]2C[C@@H](O[C@@H]3O[C@H](C)[C@@H](O)[C@H](N)[C@@H]3O)/C=C/C=C/C=C/C=C/C=C/C=C/C=C/[C@H](C)[C@@H](O)[C@@H](C)[C@H](C)OC(=O)C[C@H](O)C[C@H](O)CC[C@@H](O)[C@H](O)C[C@H](O)C[C@](O)(C[C@@H]1O)O2. The molecule has 0 aromatic rings. The van der Waals surface area contributed by atoms with Crippen LogP contribution in [0.15, 0.2) is 85.1 Å². The summed E-state index contributed by atoms with van der Waals surface area (Å²) in [6, 6.07) is -1.16. The third-order valence-corrected chi connectivity index (χ3v) is 12.4. The second-order valence-corrected chi connectivity index (χ2v) is 18.4. The number of aliphatic hydroxyl groups is 10. The molecule has 0 aromatic heterocycles. The van der Waals surface area contributed by atoms with Crippen molar-refractivity contribution >= 4 is 17.8 Å². The maximum atomic E-state index is 13.5. The van der Waals surface area contributed by atoms with Gasteiger partial charge in [-0.15, -0.1) is 0 Å². The van der Waals surface area contributed by atoms with E-state index in [0.29, 0.717) is 0 Å². The van der Waals surface area contributed by atoms with Crippen molar-refractivity contribution < 1.29 is 84.4 Å². The Bertz CT molecular complexity index is 1810. The first-order chi connectivity index (χ1) is 32.5. The summed E-state index contributed by atoms with van der Waals surface area (Å²) in [5.41, 5.74) is 10.4. The molecule has 2 saturated heterocycles. The molecule has 2 amide bonds. The van der Waals surface area contributed by atoms with Gasteiger partial charge in [0.05, 0.1) is 85.5 Å². The number of hydrogen-bond donors (Lipinski definition) is 13. The number of rotatable bonds is 3. The quantitative estimate of drug-likeness (QED) is 0.129. The number of allylic oxidation sites excluding steroid dienone is 12. The summed E-state index contributed by atoms with van der Waals surface area (Å²) >= 11 is 0. The predicted octanol–water partition coefficient (Wildman–Crippen LogP) is -0.206. The molecule has 0 unspecified atom stereocenters. The van der Waals surface area contributed by atoms with E-state index in [-0.39, 0.29) is 31.6 Å². The maximum Gasteiger partial charge on any atom is 0.308 e. The number of carbonyl (C=O) groups is 3. The summed E-state index contributed by atoms with van der Waals surface area (Å²) in [4.78, 5) is 37.8. The number of amides is 2. The van der Waals surface area contributed by atoms with Crippen LogP contribution in [0, 0.1) is 17.8 Å². The summed E-state index contributed by atoms with van der Waals surface area (Å²) in [6.07, 6.45) is 3.40. The first-order valence-corrected chi connectivity index (χ1v) is 23.5. The topological polar surface area (TPSA) is 341 Å². The number of ether oxygens (including phenoxy) is 4. The average Bonchev–Trinajstić information content (AvgIpc) is 3.26. The van der Waals surface area contributed by atoms with Crippen LogP contribution in [0.2, 0.25) is 0 Å². The third kappa shape index (κ3) is 20.4. The predicted molar refractivity (Wildman–Crippen MR) is 251 cm³/mol. The monoisotopic (exact) mass is 980 g/mol. The van der Waals surface area contributed by atoms with E-state index >= 15 is 0 Å². The number of aliphatic hydroxyl groups excluding tert-OH is 9. The van der Waals surface area contributed by atoms with E-state index in [1.807, 2.05) is 19.1 Å². The number of hydrazine groups is 1. The van der Waals surface area contributed by atoms with Gasteiger partial charge in [0, 0.05) is 44.4 Å². The fourth-order valence-electron chi connectivity index (χ4n) is 8.22. The van der Waals surface area contributed by atoms with Crippen LogP contribution in [0.25, 0.3) is 0 Å². The maximum absolute atomic E-state index is 13.5. The lowest BCUT2D eigenvalue weighted by Gasteiger charge is -2.46. The van der Waals surface area contributed by atoms with E-state index in [0.717, 1.165) is 6.92 Å². The Morgan fingerprint density at radius 2 is 1.25 bits per heavy atom. The number of carbonyl (C=O) groups excluding carboxylic acids is 3. The van der Waals surface area contributed by atoms with Crippen LogP contribution in [-0.2, 0) is 33.3 Å². The summed E-state index contributed by atoms with van der Waals surface area (Å²) in [5.74, 6) is -6.80. The molecule has 14 N–H and O–H groups in total. The van der Waals surface area contributed by atoms with E-state index < -0.39 is 153 Å². The summed E-state index contributed by atoms with van der Waals surface area (Å²) in [6.45, 7) is 7.88. The Morgan fingerprint density at radius 3 is 1.84 bits per heavy atom. The van der Waals surface area contributed by atoms with E-state index in [9.17, 15) is 65.4 Å². The molecule has 69 heavy (non-hydrogen) atoms. The molecule has 2 bridgehead atoms. The minimum absolute atomic E-state index is 0.116. The van der Waals surface area contributed by atoms with Gasteiger partial charge in [-0.05, 0) is 33.1 Å². The number of cyclic esters (lactones) is 1. The number of hydrogen-bond acceptors (Lipinski definition) is 18. The van der Waals surface area contributed by atoms with Gasteiger partial charge in [0.2, 0.25) is 11.8 Å². The number of fused-ring (bicyclic) bond motifs is 2. The minimum atomic E-state index is -2.34. The molecule has 0 saturated carbocycles. The molecule has 0 aromatic carbocycles. The van der Waals surface area contributed by atoms with Crippen LogP contribution < -0.4 is 16.6 Å². The highest BCUT2D eigenvalue weighted by molar-refractivity contribution is 5.83. The molecule has 0 radical (unpaired) electrons. The van der Waals surface area contributed by atoms with Crippen molar-refractivity contribution in [1.29, 1.82) is 0 Å². The molecule has 0 spiro atoms. The van der Waals surface area contributed by atoms with E-state index in [1.165, 1.54) is 13.0 Å². The first-order valence-electron chi connectivity index (χ1n) is 23.5. The van der Waals surface area contributed by atoms with E-state index in [4.69, 9.17) is 24.7 Å². The lowest BCUT2D eigenvalue weighted by Crippen LogP contribution is -2.62. The highest BCUT2D eigenvalue weighted by atomic mass is 16.7. The molecule has 3 aliphatic rings. The molecule has 19 atom stereocenters. The van der Waals surface area contributed by atoms with Gasteiger partial charge >= 0.3 is 5.97 Å². The van der Waals surface area contributed by atoms with Gasteiger partial charge in [-0.25, -0.2) is 0 Å². The Kier molecular flexibility index (Phi) is 25.3. The fraction of sp³-hybridized carbons (Fsp3) is 0.653. The van der Waals surface area contributed by atoms with Crippen LogP contribution in [0.5, 0.6) is 0 Å². The highest BCUT2D eigenvalue weighted by Crippen LogP contribution is 2.38. The second kappa shape index (κ2) is 29.4. The third-order valence-electron chi connectivity index (χ3n) is 12.4. The average molecular weight is 980 g/mol. The van der Waals surface area contributed by atoms with Crippen molar-refractivity contribution in [2.24, 2.45) is 23.5 Å². The van der Waals surface area contributed by atoms with Gasteiger partial charge in [0.15, 0.2) is 12.1 Å². The first kappa shape index (κ1) is 59.3. The zero-order valence-electron chi connectivity index (χ0n) is 40.0. The van der Waals surface area contributed by atoms with Crippen molar-refractivity contribution in [2.75, 3.05) is 0 Å². The van der Waals surface area contributed by atoms with Crippen molar-refractivity contribution in [1.82, 2.24) is 10.9 Å². The lowest BCUT2D eigenvalue weighted by molar-refractivity contribution is -0.307. The van der Waals surface area contributed by atoms with Gasteiger partial charge in [0.25, 0.3) is 0 Å². The van der Waals surface area contributed by atoms with Crippen LogP contribution in [0.3, 0.4) is 0 Å². The molecule has 3 heterocycles. The van der Waals surface area contributed by atoms with Gasteiger partial charge in [-0.2, -0.15) is 0 Å². The number of nitrogens with one attached hydrogen (secondary N) is 2. The molecule has 20 nitrogen and oxygen atoms in total. The Morgan fingerprint density at radius 1 is 0.667 bits per heavy atom. The second-order valence-electron chi connectivity index (χ2n) is 18.4. The van der Waals surface area contributed by atoms with Crippen molar-refractivity contribution in [3.63, 3.8) is 0 Å². The summed E-state index contributed by atoms with van der Waals surface area (Å²) < 4.78 is 23.5. The fourth-order valence-corrected chi connectivity index (χ4v) is 8.22. The number of nitrogens with two attached hydrogens (primary N) is 1. The molecular formula is C49H77N3O17. The van der Waals surface area contributed by atoms with Gasteiger partial charge in [-0.3, -0.25) is 25.2 Å². The van der Waals surface area contributed by atoms with E-state index in [1.54, 1.807) is 80.7 Å². The van der Waals surface area contributed by atoms with E-state index in [2.05, 4.69) is 10.9 Å². The summed E-state index contributed by atoms with van der Waals surface area (Å²) in [5, 5.41) is 109. The largest absolute Gasteiger partial charge is 0.462 e. The van der Waals surface area contributed by atoms with Crippen LogP contribution >= 0.6 is 0 Å². The van der Waals surface area contributed by atoms with Crippen molar-refractivity contribution in [3.05, 3.63) is 85.1 Å². The number of esters is 1. The zero-order chi connectivity index (χ0) is 51.4. The van der Waals surface area contributed by atoms with Crippen LogP contribution in [-0.4, -0.2) is 166 Å². The Balaban J connectivity index is 1.92. The molecule has 0 aliphatic carbocycles. The van der Waals surface area contributed by atoms with Crippen molar-refractivity contribution in [3.8, 4) is 0 Å². The minimum Gasteiger partial charge on any atom is -0.462 e. The molecular weight excluding hydrogens is 903 g/mol. The Labute approximate surface area is 404 Å². The molecule has 2 fully saturated rings.